The molecular formula is C9H10N4O3. The fourth-order valence-corrected chi connectivity index (χ4v) is 1.41. The summed E-state index contributed by atoms with van der Waals surface area (Å²) in [5.74, 6) is 0.326. The van der Waals surface area contributed by atoms with Gasteiger partial charge in [0.2, 0.25) is 0 Å². The van der Waals surface area contributed by atoms with Gasteiger partial charge in [0.25, 0.3) is 0 Å². The zero-order chi connectivity index (χ0) is 11.7. The van der Waals surface area contributed by atoms with E-state index in [4.69, 9.17) is 5.21 Å². The van der Waals surface area contributed by atoms with E-state index in [2.05, 4.69) is 15.2 Å². The summed E-state index contributed by atoms with van der Waals surface area (Å²) in [7, 11) is 0. The predicted molar refractivity (Wildman–Crippen MR) is 55.2 cm³/mol. The summed E-state index contributed by atoms with van der Waals surface area (Å²) in [4.78, 5) is 13.3. The number of aromatic nitrogens is 3. The van der Waals surface area contributed by atoms with Gasteiger partial charge in [0.1, 0.15) is 0 Å². The van der Waals surface area contributed by atoms with Crippen LogP contribution in [0.1, 0.15) is 5.56 Å². The molecule has 1 heterocycles. The maximum absolute atomic E-state index is 10.9. The first-order valence-corrected chi connectivity index (χ1v) is 4.57. The second kappa shape index (κ2) is 3.89. The molecule has 0 aliphatic heterocycles. The lowest BCUT2D eigenvalue weighted by molar-refractivity contribution is -0.991. The lowest BCUT2D eigenvalue weighted by Gasteiger charge is -2.14. The zero-order valence-corrected chi connectivity index (χ0v) is 8.44. The van der Waals surface area contributed by atoms with Crippen LogP contribution in [0.15, 0.2) is 23.0 Å². The van der Waals surface area contributed by atoms with E-state index in [0.717, 1.165) is 0 Å². The van der Waals surface area contributed by atoms with Crippen LogP contribution in [0.4, 0.5) is 5.69 Å². The third-order valence-corrected chi connectivity index (χ3v) is 2.24. The first kappa shape index (κ1) is 10.6. The number of hydrogen-bond donors (Lipinski definition) is 4. The highest BCUT2D eigenvalue weighted by Crippen LogP contribution is 2.19. The van der Waals surface area contributed by atoms with Crippen molar-refractivity contribution in [2.24, 2.45) is 0 Å². The van der Waals surface area contributed by atoms with Gasteiger partial charge in [0.15, 0.2) is 11.5 Å². The Balaban J connectivity index is 2.51. The number of nitrogens with one attached hydrogen (secondary N) is 3. The van der Waals surface area contributed by atoms with E-state index < -0.39 is 10.9 Å². The summed E-state index contributed by atoms with van der Waals surface area (Å²) in [5.41, 5.74) is 0.990. The Hall–Kier alpha value is -1.96. The van der Waals surface area contributed by atoms with Crippen molar-refractivity contribution in [2.75, 3.05) is 0 Å². The van der Waals surface area contributed by atoms with Gasteiger partial charge in [0.05, 0.1) is 0 Å². The second-order valence-electron chi connectivity index (χ2n) is 3.36. The number of hydrogen-bond acceptors (Lipinski definition) is 4. The van der Waals surface area contributed by atoms with Gasteiger partial charge in [-0.05, 0) is 6.92 Å². The first-order valence-electron chi connectivity index (χ1n) is 4.57. The highest BCUT2D eigenvalue weighted by Gasteiger charge is 2.09. The van der Waals surface area contributed by atoms with Crippen molar-refractivity contribution < 1.29 is 10.4 Å². The molecule has 16 heavy (non-hydrogen) atoms. The number of quaternary nitrogens is 1. The molecule has 0 saturated carbocycles. The zero-order valence-electron chi connectivity index (χ0n) is 8.44. The van der Waals surface area contributed by atoms with Crippen LogP contribution in [0, 0.1) is 12.1 Å². The van der Waals surface area contributed by atoms with Gasteiger partial charge in [-0.2, -0.15) is 10.3 Å². The molecule has 7 heteroatoms. The van der Waals surface area contributed by atoms with Gasteiger partial charge >= 0.3 is 5.69 Å². The SMILES string of the molecule is Cc1ccc(-c2n[nH]c(=O)[nH]2)cc1[NH+]([O-])O. The molecule has 1 atom stereocenters. The molecule has 4 N–H and O–H groups in total. The molecule has 1 aromatic heterocycles. The third-order valence-electron chi connectivity index (χ3n) is 2.24. The molecule has 0 fully saturated rings. The number of rotatable bonds is 2. The van der Waals surface area contributed by atoms with Crippen LogP contribution in [0.2, 0.25) is 0 Å². The van der Waals surface area contributed by atoms with Gasteiger partial charge in [-0.15, -0.1) is 0 Å². The van der Waals surface area contributed by atoms with Crippen LogP contribution in [-0.4, -0.2) is 20.4 Å². The standard InChI is InChI=1S/C9H10N4O3/c1-5-2-3-6(4-7(5)13(15)16)8-10-9(14)12-11-8/h2-4,13,15H,1H3,(H2,10,11,12,14). The minimum absolute atomic E-state index is 0.196. The fraction of sp³-hybridized carbons (Fsp3) is 0.111. The Morgan fingerprint density at radius 1 is 1.50 bits per heavy atom. The molecular weight excluding hydrogens is 212 g/mol. The molecule has 0 radical (unpaired) electrons. The largest absolute Gasteiger partial charge is 0.595 e. The van der Waals surface area contributed by atoms with Crippen LogP contribution in [0.3, 0.4) is 0 Å². The van der Waals surface area contributed by atoms with Crippen molar-refractivity contribution in [2.45, 2.75) is 6.92 Å². The average molecular weight is 222 g/mol. The summed E-state index contributed by atoms with van der Waals surface area (Å²) in [5, 5.41) is 24.8. The minimum Gasteiger partial charge on any atom is -0.595 e. The maximum Gasteiger partial charge on any atom is 0.340 e. The molecule has 84 valence electrons. The van der Waals surface area contributed by atoms with Crippen molar-refractivity contribution in [1.29, 1.82) is 0 Å². The van der Waals surface area contributed by atoms with Crippen LogP contribution in [-0.2, 0) is 0 Å². The molecule has 0 amide bonds. The Morgan fingerprint density at radius 2 is 2.25 bits per heavy atom. The summed E-state index contributed by atoms with van der Waals surface area (Å²) < 4.78 is 0. The Morgan fingerprint density at radius 3 is 2.81 bits per heavy atom. The number of aromatic amines is 2. The molecule has 0 bridgehead atoms. The van der Waals surface area contributed by atoms with Crippen molar-refractivity contribution in [1.82, 2.24) is 15.2 Å². The Kier molecular flexibility index (Phi) is 2.57. The normalized spacial score (nSPS) is 12.7. The van der Waals surface area contributed by atoms with E-state index in [-0.39, 0.29) is 5.69 Å². The third kappa shape index (κ3) is 1.87. The van der Waals surface area contributed by atoms with E-state index in [9.17, 15) is 10.0 Å². The number of H-pyrrole nitrogens is 2. The monoisotopic (exact) mass is 222 g/mol. The highest BCUT2D eigenvalue weighted by atomic mass is 16.8. The topological polar surface area (TPSA) is 109 Å². The number of aryl methyl sites for hydroxylation is 1. The lowest BCUT2D eigenvalue weighted by Crippen LogP contribution is -2.99. The molecule has 0 spiro atoms. The second-order valence-corrected chi connectivity index (χ2v) is 3.36. The minimum atomic E-state index is -1.00. The molecule has 0 aliphatic rings. The van der Waals surface area contributed by atoms with Gasteiger partial charge in [-0.25, -0.2) is 15.1 Å². The van der Waals surface area contributed by atoms with E-state index in [1.54, 1.807) is 19.1 Å². The summed E-state index contributed by atoms with van der Waals surface area (Å²) >= 11 is 0. The predicted octanol–water partition coefficient (Wildman–Crippen LogP) is -0.523. The van der Waals surface area contributed by atoms with E-state index >= 15 is 0 Å². The molecule has 2 aromatic rings. The smallest absolute Gasteiger partial charge is 0.340 e. The van der Waals surface area contributed by atoms with E-state index in [1.165, 1.54) is 6.07 Å². The average Bonchev–Trinajstić information content (AvgIpc) is 2.65. The van der Waals surface area contributed by atoms with Crippen molar-refractivity contribution in [3.05, 3.63) is 39.5 Å². The van der Waals surface area contributed by atoms with E-state index in [1.807, 2.05) is 0 Å². The quantitative estimate of drug-likeness (QED) is 0.512. The lowest BCUT2D eigenvalue weighted by atomic mass is 10.1. The molecule has 2 rings (SSSR count). The Bertz CT molecular complexity index is 558. The van der Waals surface area contributed by atoms with Crippen molar-refractivity contribution in [3.63, 3.8) is 0 Å². The van der Waals surface area contributed by atoms with E-state index in [0.29, 0.717) is 17.0 Å². The number of nitrogens with zero attached hydrogens (tertiary/aromatic N) is 1. The first-order chi connectivity index (χ1) is 7.58. The van der Waals surface area contributed by atoms with Gasteiger partial charge < -0.3 is 5.21 Å². The molecule has 1 aromatic carbocycles. The molecule has 1 unspecified atom stereocenters. The summed E-state index contributed by atoms with van der Waals surface area (Å²) in [6, 6.07) is 4.85. The highest BCUT2D eigenvalue weighted by molar-refractivity contribution is 5.60. The van der Waals surface area contributed by atoms with Crippen LogP contribution >= 0.6 is 0 Å². The van der Waals surface area contributed by atoms with Gasteiger partial charge in [0, 0.05) is 17.2 Å². The van der Waals surface area contributed by atoms with Crippen LogP contribution < -0.4 is 10.9 Å². The Labute approximate surface area is 89.9 Å². The van der Waals surface area contributed by atoms with Crippen molar-refractivity contribution in [3.8, 4) is 11.4 Å². The van der Waals surface area contributed by atoms with Crippen LogP contribution in [0.25, 0.3) is 11.4 Å². The summed E-state index contributed by atoms with van der Waals surface area (Å²) in [6.45, 7) is 1.71. The van der Waals surface area contributed by atoms with Crippen molar-refractivity contribution >= 4 is 5.69 Å². The molecule has 7 nitrogen and oxygen atoms in total. The molecule has 0 saturated heterocycles. The fourth-order valence-electron chi connectivity index (χ4n) is 1.41. The number of benzene rings is 1. The maximum atomic E-state index is 10.9. The van der Waals surface area contributed by atoms with Gasteiger partial charge in [-0.3, -0.25) is 4.98 Å². The van der Waals surface area contributed by atoms with Crippen LogP contribution in [0.5, 0.6) is 0 Å². The molecule has 0 aliphatic carbocycles. The van der Waals surface area contributed by atoms with Gasteiger partial charge in [-0.1, -0.05) is 12.1 Å². The summed E-state index contributed by atoms with van der Waals surface area (Å²) in [6.07, 6.45) is 0.